The zero-order valence-corrected chi connectivity index (χ0v) is 13.6. The van der Waals surface area contributed by atoms with Crippen molar-refractivity contribution in [3.8, 4) is 0 Å². The number of para-hydroxylation sites is 1. The van der Waals surface area contributed by atoms with E-state index in [0.29, 0.717) is 0 Å². The number of nitrogens with zero attached hydrogens (tertiary/aromatic N) is 3. The van der Waals surface area contributed by atoms with Gasteiger partial charge < -0.3 is 10.0 Å². The summed E-state index contributed by atoms with van der Waals surface area (Å²) in [5.74, 6) is 1.16. The molecule has 0 spiro atoms. The van der Waals surface area contributed by atoms with Crippen molar-refractivity contribution in [2.75, 3.05) is 31.1 Å². The standard InChI is InChI=1S/C19H25N3O/c23-17-8-11-21(14-17)13-16-12-15-6-2-3-7-18(15)20-19(16)22-9-4-1-5-10-22/h2-3,6-7,12,17,23H,1,4-5,8-11,13-14H2/t17-/m1/s1. The number of piperidine rings is 1. The Bertz CT molecular complexity index is 681. The predicted molar refractivity (Wildman–Crippen MR) is 93.7 cm³/mol. The van der Waals surface area contributed by atoms with Crippen LogP contribution in [0.3, 0.4) is 0 Å². The Kier molecular flexibility index (Phi) is 4.19. The van der Waals surface area contributed by atoms with Gasteiger partial charge >= 0.3 is 0 Å². The number of rotatable bonds is 3. The van der Waals surface area contributed by atoms with Gasteiger partial charge in [-0.25, -0.2) is 4.98 Å². The molecule has 2 aliphatic rings. The van der Waals surface area contributed by atoms with Crippen LogP contribution in [0.15, 0.2) is 30.3 Å². The molecule has 0 bridgehead atoms. The van der Waals surface area contributed by atoms with Crippen molar-refractivity contribution in [3.05, 3.63) is 35.9 Å². The summed E-state index contributed by atoms with van der Waals surface area (Å²) in [7, 11) is 0. The molecule has 0 saturated carbocycles. The van der Waals surface area contributed by atoms with Crippen molar-refractivity contribution in [1.82, 2.24) is 9.88 Å². The molecular formula is C19H25N3O. The zero-order chi connectivity index (χ0) is 15.6. The van der Waals surface area contributed by atoms with Crippen LogP contribution in [-0.2, 0) is 6.54 Å². The average Bonchev–Trinajstić information content (AvgIpc) is 3.00. The van der Waals surface area contributed by atoms with Gasteiger partial charge in [0, 0.05) is 43.7 Å². The number of aromatic nitrogens is 1. The SMILES string of the molecule is O[C@@H]1CCN(Cc2cc3ccccc3nc2N2CCCCC2)C1. The lowest BCUT2D eigenvalue weighted by atomic mass is 10.1. The molecule has 2 aliphatic heterocycles. The van der Waals surface area contributed by atoms with E-state index in [0.717, 1.165) is 50.5 Å². The van der Waals surface area contributed by atoms with Gasteiger partial charge in [-0.2, -0.15) is 0 Å². The first-order chi connectivity index (χ1) is 11.3. The fourth-order valence-corrected chi connectivity index (χ4v) is 3.84. The maximum Gasteiger partial charge on any atom is 0.133 e. The molecule has 4 nitrogen and oxygen atoms in total. The van der Waals surface area contributed by atoms with Gasteiger partial charge in [-0.3, -0.25) is 4.90 Å². The van der Waals surface area contributed by atoms with Gasteiger partial charge in [-0.1, -0.05) is 18.2 Å². The molecular weight excluding hydrogens is 286 g/mol. The number of benzene rings is 1. The van der Waals surface area contributed by atoms with E-state index in [1.165, 1.54) is 30.2 Å². The summed E-state index contributed by atoms with van der Waals surface area (Å²) in [6.07, 6.45) is 4.58. The summed E-state index contributed by atoms with van der Waals surface area (Å²) in [6.45, 7) is 4.88. The van der Waals surface area contributed by atoms with E-state index in [1.54, 1.807) is 0 Å². The highest BCUT2D eigenvalue weighted by molar-refractivity contribution is 5.81. The van der Waals surface area contributed by atoms with Crippen molar-refractivity contribution in [1.29, 1.82) is 0 Å². The van der Waals surface area contributed by atoms with Crippen LogP contribution in [0.1, 0.15) is 31.2 Å². The Labute approximate surface area is 137 Å². The van der Waals surface area contributed by atoms with Crippen LogP contribution in [0.4, 0.5) is 5.82 Å². The Morgan fingerprint density at radius 1 is 1.09 bits per heavy atom. The number of hydrogen-bond acceptors (Lipinski definition) is 4. The molecule has 0 unspecified atom stereocenters. The second kappa shape index (κ2) is 6.46. The van der Waals surface area contributed by atoms with E-state index in [2.05, 4.69) is 40.1 Å². The minimum absolute atomic E-state index is 0.165. The summed E-state index contributed by atoms with van der Waals surface area (Å²) < 4.78 is 0. The first-order valence-electron chi connectivity index (χ1n) is 8.83. The summed E-state index contributed by atoms with van der Waals surface area (Å²) in [6, 6.07) is 10.7. The molecule has 3 heterocycles. The third-order valence-electron chi connectivity index (χ3n) is 5.08. The maximum atomic E-state index is 9.80. The van der Waals surface area contributed by atoms with Gasteiger partial charge in [0.05, 0.1) is 11.6 Å². The summed E-state index contributed by atoms with van der Waals surface area (Å²) in [5.41, 5.74) is 2.39. The lowest BCUT2D eigenvalue weighted by Crippen LogP contribution is -2.32. The first-order valence-corrected chi connectivity index (χ1v) is 8.83. The Hall–Kier alpha value is -1.65. The molecule has 1 atom stereocenters. The molecule has 2 fully saturated rings. The minimum atomic E-state index is -0.165. The number of β-amino-alcohol motifs (C(OH)–C–C–N with tert-alkyl or cyclic N) is 1. The predicted octanol–water partition coefficient (Wildman–Crippen LogP) is 2.79. The topological polar surface area (TPSA) is 39.6 Å². The van der Waals surface area contributed by atoms with E-state index >= 15 is 0 Å². The van der Waals surface area contributed by atoms with Crippen molar-refractivity contribution in [3.63, 3.8) is 0 Å². The highest BCUT2D eigenvalue weighted by Crippen LogP contribution is 2.28. The number of aliphatic hydroxyl groups excluding tert-OH is 1. The molecule has 4 heteroatoms. The smallest absolute Gasteiger partial charge is 0.133 e. The minimum Gasteiger partial charge on any atom is -0.392 e. The molecule has 1 aromatic carbocycles. The number of aliphatic hydroxyl groups is 1. The second-order valence-electron chi connectivity index (χ2n) is 6.89. The highest BCUT2D eigenvalue weighted by Gasteiger charge is 2.23. The fraction of sp³-hybridized carbons (Fsp3) is 0.526. The average molecular weight is 311 g/mol. The fourth-order valence-electron chi connectivity index (χ4n) is 3.84. The van der Waals surface area contributed by atoms with E-state index in [1.807, 2.05) is 0 Å². The van der Waals surface area contributed by atoms with Crippen LogP contribution < -0.4 is 4.90 Å². The van der Waals surface area contributed by atoms with Crippen molar-refractivity contribution in [2.24, 2.45) is 0 Å². The molecule has 0 aliphatic carbocycles. The Morgan fingerprint density at radius 2 is 1.91 bits per heavy atom. The largest absolute Gasteiger partial charge is 0.392 e. The summed E-state index contributed by atoms with van der Waals surface area (Å²) >= 11 is 0. The lowest BCUT2D eigenvalue weighted by molar-refractivity contribution is 0.175. The van der Waals surface area contributed by atoms with Crippen molar-refractivity contribution >= 4 is 16.7 Å². The maximum absolute atomic E-state index is 9.80. The number of pyridine rings is 1. The number of likely N-dealkylation sites (tertiary alicyclic amines) is 1. The van der Waals surface area contributed by atoms with Gasteiger partial charge in [0.15, 0.2) is 0 Å². The van der Waals surface area contributed by atoms with Crippen LogP contribution in [-0.4, -0.2) is 47.3 Å². The van der Waals surface area contributed by atoms with Gasteiger partial charge in [-0.15, -0.1) is 0 Å². The first kappa shape index (κ1) is 14.9. The molecule has 0 radical (unpaired) electrons. The molecule has 122 valence electrons. The molecule has 23 heavy (non-hydrogen) atoms. The van der Waals surface area contributed by atoms with Gasteiger partial charge in [0.2, 0.25) is 0 Å². The van der Waals surface area contributed by atoms with Crippen LogP contribution >= 0.6 is 0 Å². The van der Waals surface area contributed by atoms with E-state index in [-0.39, 0.29) is 6.10 Å². The monoisotopic (exact) mass is 311 g/mol. The van der Waals surface area contributed by atoms with E-state index < -0.39 is 0 Å². The number of hydrogen-bond donors (Lipinski definition) is 1. The summed E-state index contributed by atoms with van der Waals surface area (Å²) in [4.78, 5) is 9.80. The summed E-state index contributed by atoms with van der Waals surface area (Å²) in [5, 5.41) is 11.0. The van der Waals surface area contributed by atoms with E-state index in [4.69, 9.17) is 4.98 Å². The van der Waals surface area contributed by atoms with Gasteiger partial charge in [-0.05, 0) is 37.8 Å². The lowest BCUT2D eigenvalue weighted by Gasteiger charge is -2.30. The van der Waals surface area contributed by atoms with Crippen molar-refractivity contribution in [2.45, 2.75) is 38.3 Å². The quantitative estimate of drug-likeness (QED) is 0.946. The van der Waals surface area contributed by atoms with Crippen molar-refractivity contribution < 1.29 is 5.11 Å². The van der Waals surface area contributed by atoms with Gasteiger partial charge in [0.1, 0.15) is 5.82 Å². The molecule has 2 saturated heterocycles. The third kappa shape index (κ3) is 3.19. The van der Waals surface area contributed by atoms with E-state index in [9.17, 15) is 5.11 Å². The van der Waals surface area contributed by atoms with Crippen LogP contribution in [0.25, 0.3) is 10.9 Å². The molecule has 1 aromatic heterocycles. The highest BCUT2D eigenvalue weighted by atomic mass is 16.3. The van der Waals surface area contributed by atoms with Crippen LogP contribution in [0, 0.1) is 0 Å². The Balaban J connectivity index is 1.69. The van der Waals surface area contributed by atoms with Crippen LogP contribution in [0.5, 0.6) is 0 Å². The number of anilines is 1. The van der Waals surface area contributed by atoms with Crippen LogP contribution in [0.2, 0.25) is 0 Å². The molecule has 2 aromatic rings. The van der Waals surface area contributed by atoms with Gasteiger partial charge in [0.25, 0.3) is 0 Å². The number of fused-ring (bicyclic) bond motifs is 1. The Morgan fingerprint density at radius 3 is 2.70 bits per heavy atom. The molecule has 4 rings (SSSR count). The third-order valence-corrected chi connectivity index (χ3v) is 5.08. The molecule has 1 N–H and O–H groups in total. The molecule has 0 amide bonds. The second-order valence-corrected chi connectivity index (χ2v) is 6.89. The zero-order valence-electron chi connectivity index (χ0n) is 13.6. The normalized spacial score (nSPS) is 22.8.